The van der Waals surface area contributed by atoms with Crippen LogP contribution in [0.2, 0.25) is 0 Å². The molecule has 13 heteroatoms. The molecule has 0 aromatic rings. The number of aliphatic hydroxyl groups is 1. The van der Waals surface area contributed by atoms with Crippen molar-refractivity contribution in [3.63, 3.8) is 0 Å². The zero-order valence-electron chi connectivity index (χ0n) is 38.2. The number of carbonyl (C=O) groups is 1. The van der Waals surface area contributed by atoms with Crippen LogP contribution in [0.1, 0.15) is 109 Å². The van der Waals surface area contributed by atoms with E-state index in [9.17, 15) is 9.90 Å². The van der Waals surface area contributed by atoms with Crippen LogP contribution >= 0.6 is 0 Å². The summed E-state index contributed by atoms with van der Waals surface area (Å²) in [6, 6.07) is 0.0254. The Hall–Kier alpha value is -0.216. The van der Waals surface area contributed by atoms with Crippen molar-refractivity contribution >= 4 is 5.97 Å². The van der Waals surface area contributed by atoms with Gasteiger partial charge in [-0.1, -0.05) is 48.1 Å². The van der Waals surface area contributed by atoms with Crippen LogP contribution in [0.4, 0.5) is 0 Å². The smallest absolute Gasteiger partial charge is 0.185 e. The summed E-state index contributed by atoms with van der Waals surface area (Å²) in [7, 11) is 7.50. The molecule has 329 valence electrons. The maximum atomic E-state index is 14.6. The Labute approximate surface area is 370 Å². The van der Waals surface area contributed by atoms with Gasteiger partial charge in [-0.15, -0.1) is 0 Å². The van der Waals surface area contributed by atoms with E-state index in [0.717, 1.165) is 12.0 Å². The first-order valence-electron chi connectivity index (χ1n) is 21.1. The van der Waals surface area contributed by atoms with Gasteiger partial charge in [0.25, 0.3) is 0 Å². The number of hydrogen-bond acceptors (Lipinski definition) is 12. The van der Waals surface area contributed by atoms with Gasteiger partial charge >= 0.3 is 0 Å². The molecule has 0 spiro atoms. The Morgan fingerprint density at radius 2 is 1.60 bits per heavy atom. The Balaban J connectivity index is 0.00000870. The monoisotopic (exact) mass is 885 g/mol. The molecule has 4 fully saturated rings. The van der Waals surface area contributed by atoms with Crippen LogP contribution in [0, 0.1) is 35.5 Å². The SMILES string of the molecule is C=C1COC2[C@@H](C)[C@@H](C)[C@H](C)C[C@@](C)(OC1)[C@H](O[C@@H]1O[C@H](C)C[C@H](N(C)C)[C@H]1OC)[C@@H](C)[C@H](OC1C[C@@](C)(OC)[C@@H](C)[C@H](C)O1)[C-](C)C(=O)O[C@H](CC)[C@@]2(C)O.[Y]. The Morgan fingerprint density at radius 3 is 2.18 bits per heavy atom. The predicted octanol–water partition coefficient (Wildman–Crippen LogP) is 6.36. The summed E-state index contributed by atoms with van der Waals surface area (Å²) in [6.45, 7) is 29.0. The van der Waals surface area contributed by atoms with Crippen molar-refractivity contribution < 1.29 is 85.2 Å². The van der Waals surface area contributed by atoms with E-state index in [2.05, 4.69) is 59.9 Å². The zero-order chi connectivity index (χ0) is 42.1. The van der Waals surface area contributed by atoms with E-state index in [0.29, 0.717) is 25.2 Å². The van der Waals surface area contributed by atoms with Crippen molar-refractivity contribution in [2.45, 2.75) is 187 Å². The van der Waals surface area contributed by atoms with Crippen LogP contribution in [0.25, 0.3) is 0 Å². The van der Waals surface area contributed by atoms with Crippen molar-refractivity contribution in [2.24, 2.45) is 29.6 Å². The second-order valence-electron chi connectivity index (χ2n) is 18.7. The Morgan fingerprint density at radius 1 is 0.947 bits per heavy atom. The van der Waals surface area contributed by atoms with Gasteiger partial charge in [0.15, 0.2) is 18.5 Å². The van der Waals surface area contributed by atoms with E-state index < -0.39 is 71.8 Å². The van der Waals surface area contributed by atoms with Gasteiger partial charge in [0.2, 0.25) is 0 Å². The van der Waals surface area contributed by atoms with Crippen molar-refractivity contribution in [3.8, 4) is 0 Å². The molecular weight excluding hydrogens is 807 g/mol. The minimum absolute atomic E-state index is 0. The Bertz CT molecular complexity index is 1300. The summed E-state index contributed by atoms with van der Waals surface area (Å²) in [5, 5.41) is 12.4. The molecule has 18 atom stereocenters. The fourth-order valence-corrected chi connectivity index (χ4v) is 9.96. The minimum atomic E-state index is -1.53. The van der Waals surface area contributed by atoms with Crippen molar-refractivity contribution in [2.75, 3.05) is 41.5 Å². The molecule has 4 aliphatic heterocycles. The molecule has 4 saturated heterocycles. The van der Waals surface area contributed by atoms with Gasteiger partial charge < -0.3 is 52.6 Å². The van der Waals surface area contributed by atoms with Gasteiger partial charge in [0.1, 0.15) is 17.8 Å². The van der Waals surface area contributed by atoms with Crippen molar-refractivity contribution in [3.05, 3.63) is 18.1 Å². The molecule has 2 unspecified atom stereocenters. The minimum Gasteiger partial charge on any atom is -0.482 e. The normalized spacial score (nSPS) is 47.0. The average molecular weight is 886 g/mol. The summed E-state index contributed by atoms with van der Waals surface area (Å²) in [5.41, 5.74) is -2.31. The fraction of sp³-hybridized carbons (Fsp3) is 0.909. The molecule has 0 aromatic heterocycles. The molecule has 57 heavy (non-hydrogen) atoms. The van der Waals surface area contributed by atoms with Gasteiger partial charge in [0.05, 0.1) is 48.8 Å². The zero-order valence-corrected chi connectivity index (χ0v) is 41.0. The second-order valence-corrected chi connectivity index (χ2v) is 18.7. The van der Waals surface area contributed by atoms with Gasteiger partial charge in [-0.25, -0.2) is 5.92 Å². The molecule has 1 N–H and O–H groups in total. The molecular formula is C44H78NO11Y-. The Kier molecular flexibility index (Phi) is 18.6. The maximum Gasteiger partial charge on any atom is 0.185 e. The number of carbonyl (C=O) groups excluding carboxylic acids is 1. The van der Waals surface area contributed by atoms with Gasteiger partial charge in [-0.05, 0) is 103 Å². The van der Waals surface area contributed by atoms with E-state index in [1.807, 2.05) is 34.9 Å². The number of fused-ring (bicyclic) bond motifs is 5. The molecule has 4 heterocycles. The third-order valence-electron chi connectivity index (χ3n) is 14.3. The van der Waals surface area contributed by atoms with E-state index in [1.54, 1.807) is 28.1 Å². The second kappa shape index (κ2) is 20.8. The first-order valence-corrected chi connectivity index (χ1v) is 21.1. The third kappa shape index (κ3) is 11.2. The average Bonchev–Trinajstić information content (AvgIpc) is 3.15. The van der Waals surface area contributed by atoms with Crippen LogP contribution in [-0.2, 0) is 80.1 Å². The molecule has 0 saturated carbocycles. The molecule has 0 aromatic carbocycles. The fourth-order valence-electron chi connectivity index (χ4n) is 9.96. The number of methoxy groups -OCH3 is 2. The standard InChI is InChI=1S/C44H78NO11.Y/c1-18-34-44(13,47)39-28(6)27(5)25(3)20-43(12,51-23-24(2)22-50-39)38(56-41-37(48-16)33(45(14)15)19-26(4)52-41)29(7)36(30(8)40(46)54-34)55-35-21-42(11,49-17)31(9)32(10)53-35;/h25-29,31-39,41,47H,2,18-23H2,1,3-17H3;/q-1;/t25-,26-,27+,28+,29+,31+,32+,33+,34-,35?,36+,37-,38-,39?,41+,42-,43-,44-;/m1./s1. The van der Waals surface area contributed by atoms with E-state index >= 15 is 0 Å². The number of cyclic esters (lactones) is 1. The van der Waals surface area contributed by atoms with Gasteiger partial charge in [0, 0.05) is 65.3 Å². The summed E-state index contributed by atoms with van der Waals surface area (Å²) in [6.07, 6.45) is -3.15. The molecule has 12 nitrogen and oxygen atoms in total. The van der Waals surface area contributed by atoms with Crippen LogP contribution in [0.5, 0.6) is 0 Å². The first kappa shape index (κ1) is 51.1. The van der Waals surface area contributed by atoms with Crippen LogP contribution in [-0.4, -0.2) is 136 Å². The van der Waals surface area contributed by atoms with Crippen LogP contribution in [0.3, 0.4) is 0 Å². The third-order valence-corrected chi connectivity index (χ3v) is 14.3. The number of ether oxygens (including phenoxy) is 9. The van der Waals surface area contributed by atoms with Crippen LogP contribution in [0.15, 0.2) is 12.2 Å². The molecule has 4 rings (SSSR count). The number of likely N-dealkylation sites (N-methyl/N-ethyl adjacent to an activating group) is 1. The predicted molar refractivity (Wildman–Crippen MR) is 215 cm³/mol. The number of hydrogen-bond donors (Lipinski definition) is 1. The quantitative estimate of drug-likeness (QED) is 0.166. The number of esters is 1. The van der Waals surface area contributed by atoms with Gasteiger partial charge in [-0.3, -0.25) is 4.79 Å². The summed E-state index contributed by atoms with van der Waals surface area (Å²) in [5.74, 6) is -0.691. The molecule has 0 aliphatic carbocycles. The molecule has 0 amide bonds. The molecule has 1 radical (unpaired) electrons. The first-order chi connectivity index (χ1) is 26.0. The number of nitrogens with zero attached hydrogens (tertiary/aromatic N) is 1. The summed E-state index contributed by atoms with van der Waals surface area (Å²) >= 11 is 0. The van der Waals surface area contributed by atoms with E-state index in [-0.39, 0.29) is 87.8 Å². The summed E-state index contributed by atoms with van der Waals surface area (Å²) in [4.78, 5) is 16.7. The molecule has 4 aliphatic rings. The number of rotatable bonds is 8. The molecule has 2 bridgehead atoms. The van der Waals surface area contributed by atoms with Crippen LogP contribution < -0.4 is 0 Å². The van der Waals surface area contributed by atoms with Crippen molar-refractivity contribution in [1.82, 2.24) is 4.90 Å². The topological polar surface area (TPSA) is 124 Å². The largest absolute Gasteiger partial charge is 0.482 e. The van der Waals surface area contributed by atoms with E-state index in [1.165, 1.54) is 0 Å². The van der Waals surface area contributed by atoms with Crippen molar-refractivity contribution in [1.29, 1.82) is 0 Å². The summed E-state index contributed by atoms with van der Waals surface area (Å²) < 4.78 is 59.7. The maximum absolute atomic E-state index is 14.6. The van der Waals surface area contributed by atoms with E-state index in [4.69, 9.17) is 42.6 Å². The van der Waals surface area contributed by atoms with Gasteiger partial charge in [-0.2, -0.15) is 6.92 Å².